The summed E-state index contributed by atoms with van der Waals surface area (Å²) < 4.78 is 0. The number of carbonyl (C=O) groups excluding carboxylic acids is 1. The molecule has 0 aliphatic carbocycles. The number of hydrogen-bond donors (Lipinski definition) is 0. The molecule has 0 aromatic heterocycles. The molecule has 1 saturated heterocycles. The molecule has 1 amide bonds. The van der Waals surface area contributed by atoms with Crippen LogP contribution in [0.5, 0.6) is 0 Å². The molecule has 1 atom stereocenters. The third-order valence-electron chi connectivity index (χ3n) is 1.32. The standard InChI is InChI=1S/C6H9NO/c1-3-6(8)7-4-5(7)2/h3,5H,1,4H2,2H3. The normalized spacial score (nSPS) is 25.1. The zero-order valence-electron chi connectivity index (χ0n) is 4.92. The van der Waals surface area contributed by atoms with E-state index in [1.807, 2.05) is 6.92 Å². The van der Waals surface area contributed by atoms with Crippen LogP contribution in [0.2, 0.25) is 0 Å². The van der Waals surface area contributed by atoms with E-state index in [2.05, 4.69) is 6.58 Å². The van der Waals surface area contributed by atoms with Crippen molar-refractivity contribution in [2.45, 2.75) is 13.0 Å². The van der Waals surface area contributed by atoms with E-state index in [1.54, 1.807) is 4.90 Å². The highest BCUT2D eigenvalue weighted by molar-refractivity contribution is 5.89. The van der Waals surface area contributed by atoms with Crippen molar-refractivity contribution in [1.82, 2.24) is 4.90 Å². The lowest BCUT2D eigenvalue weighted by Gasteiger charge is -1.91. The lowest BCUT2D eigenvalue weighted by Crippen LogP contribution is -2.07. The maximum atomic E-state index is 10.6. The van der Waals surface area contributed by atoms with Crippen LogP contribution >= 0.6 is 0 Å². The Morgan fingerprint density at radius 3 is 2.62 bits per heavy atom. The minimum absolute atomic E-state index is 0.0532. The fourth-order valence-corrected chi connectivity index (χ4v) is 0.662. The average Bonchev–Trinajstić information content (AvgIpc) is 2.45. The first-order valence-electron chi connectivity index (χ1n) is 2.68. The van der Waals surface area contributed by atoms with Crippen LogP contribution in [-0.2, 0) is 4.79 Å². The summed E-state index contributed by atoms with van der Waals surface area (Å²) in [6.07, 6.45) is 1.35. The van der Waals surface area contributed by atoms with Crippen LogP contribution in [0.1, 0.15) is 6.92 Å². The van der Waals surface area contributed by atoms with E-state index >= 15 is 0 Å². The third-order valence-corrected chi connectivity index (χ3v) is 1.32. The molecule has 0 radical (unpaired) electrons. The number of amides is 1. The first-order chi connectivity index (χ1) is 3.75. The first-order valence-corrected chi connectivity index (χ1v) is 2.68. The second-order valence-corrected chi connectivity index (χ2v) is 2.04. The van der Waals surface area contributed by atoms with Gasteiger partial charge in [-0.25, -0.2) is 0 Å². The van der Waals surface area contributed by atoms with Crippen molar-refractivity contribution in [2.24, 2.45) is 0 Å². The average molecular weight is 111 g/mol. The van der Waals surface area contributed by atoms with Gasteiger partial charge in [-0.05, 0) is 13.0 Å². The molecule has 1 aliphatic heterocycles. The monoisotopic (exact) mass is 111 g/mol. The van der Waals surface area contributed by atoms with Crippen LogP contribution in [0.15, 0.2) is 12.7 Å². The Labute approximate surface area is 48.8 Å². The molecule has 1 fully saturated rings. The third kappa shape index (κ3) is 0.735. The predicted molar refractivity (Wildman–Crippen MR) is 31.4 cm³/mol. The van der Waals surface area contributed by atoms with Crippen molar-refractivity contribution in [2.75, 3.05) is 6.54 Å². The summed E-state index contributed by atoms with van der Waals surface area (Å²) in [5, 5.41) is 0. The van der Waals surface area contributed by atoms with Gasteiger partial charge in [0.05, 0.1) is 0 Å². The smallest absolute Gasteiger partial charge is 0.246 e. The highest BCUT2D eigenvalue weighted by Crippen LogP contribution is 2.15. The van der Waals surface area contributed by atoms with Crippen LogP contribution in [-0.4, -0.2) is 23.4 Å². The molecule has 1 aliphatic rings. The quantitative estimate of drug-likeness (QED) is 0.354. The van der Waals surface area contributed by atoms with Crippen molar-refractivity contribution in [3.05, 3.63) is 12.7 Å². The molecular weight excluding hydrogens is 102 g/mol. The van der Waals surface area contributed by atoms with E-state index in [-0.39, 0.29) is 5.91 Å². The molecule has 1 rings (SSSR count). The van der Waals surface area contributed by atoms with Gasteiger partial charge in [0, 0.05) is 12.6 Å². The van der Waals surface area contributed by atoms with Gasteiger partial charge in [0.15, 0.2) is 0 Å². The molecule has 44 valence electrons. The summed E-state index contributed by atoms with van der Waals surface area (Å²) in [6, 6.07) is 0.459. The van der Waals surface area contributed by atoms with E-state index in [4.69, 9.17) is 0 Å². The van der Waals surface area contributed by atoms with Gasteiger partial charge < -0.3 is 4.90 Å². The number of nitrogens with zero attached hydrogens (tertiary/aromatic N) is 1. The van der Waals surface area contributed by atoms with Gasteiger partial charge in [-0.3, -0.25) is 4.79 Å². The van der Waals surface area contributed by atoms with Gasteiger partial charge in [-0.15, -0.1) is 0 Å². The van der Waals surface area contributed by atoms with Crippen molar-refractivity contribution in [3.8, 4) is 0 Å². The van der Waals surface area contributed by atoms with E-state index < -0.39 is 0 Å². The summed E-state index contributed by atoms with van der Waals surface area (Å²) in [5.74, 6) is 0.0532. The number of hydrogen-bond acceptors (Lipinski definition) is 1. The topological polar surface area (TPSA) is 20.1 Å². The maximum Gasteiger partial charge on any atom is 0.246 e. The summed E-state index contributed by atoms with van der Waals surface area (Å²) in [4.78, 5) is 12.3. The van der Waals surface area contributed by atoms with Gasteiger partial charge in [0.25, 0.3) is 0 Å². The largest absolute Gasteiger partial charge is 0.333 e. The number of rotatable bonds is 1. The van der Waals surface area contributed by atoms with E-state index in [1.165, 1.54) is 6.08 Å². The van der Waals surface area contributed by atoms with E-state index in [9.17, 15) is 4.79 Å². The van der Waals surface area contributed by atoms with Crippen LogP contribution in [0.25, 0.3) is 0 Å². The summed E-state index contributed by atoms with van der Waals surface area (Å²) in [6.45, 7) is 6.29. The van der Waals surface area contributed by atoms with Crippen molar-refractivity contribution < 1.29 is 4.79 Å². The summed E-state index contributed by atoms with van der Waals surface area (Å²) in [7, 11) is 0. The second-order valence-electron chi connectivity index (χ2n) is 2.04. The summed E-state index contributed by atoms with van der Waals surface area (Å²) in [5.41, 5.74) is 0. The molecule has 8 heavy (non-hydrogen) atoms. The summed E-state index contributed by atoms with van der Waals surface area (Å²) >= 11 is 0. The molecule has 0 saturated carbocycles. The molecule has 0 aromatic rings. The fourth-order valence-electron chi connectivity index (χ4n) is 0.662. The van der Waals surface area contributed by atoms with Gasteiger partial charge in [-0.1, -0.05) is 6.58 Å². The maximum absolute atomic E-state index is 10.6. The lowest BCUT2D eigenvalue weighted by atomic mass is 10.5. The van der Waals surface area contributed by atoms with Gasteiger partial charge in [0.2, 0.25) is 5.91 Å². The van der Waals surface area contributed by atoms with Crippen LogP contribution in [0, 0.1) is 0 Å². The molecule has 0 bridgehead atoms. The van der Waals surface area contributed by atoms with Crippen molar-refractivity contribution in [3.63, 3.8) is 0 Å². The molecule has 0 N–H and O–H groups in total. The molecule has 0 spiro atoms. The highest BCUT2D eigenvalue weighted by atomic mass is 16.2. The highest BCUT2D eigenvalue weighted by Gasteiger charge is 2.31. The van der Waals surface area contributed by atoms with E-state index in [0.29, 0.717) is 6.04 Å². The Hall–Kier alpha value is -0.790. The molecule has 2 heteroatoms. The Balaban J connectivity index is 2.39. The lowest BCUT2D eigenvalue weighted by molar-refractivity contribution is -0.121. The minimum atomic E-state index is 0.0532. The number of carbonyl (C=O) groups is 1. The Morgan fingerprint density at radius 2 is 2.50 bits per heavy atom. The Morgan fingerprint density at radius 1 is 2.00 bits per heavy atom. The van der Waals surface area contributed by atoms with Gasteiger partial charge >= 0.3 is 0 Å². The Bertz CT molecular complexity index is 130. The molecule has 1 heterocycles. The Kier molecular flexibility index (Phi) is 1.08. The van der Waals surface area contributed by atoms with Gasteiger partial charge in [0.1, 0.15) is 0 Å². The fraction of sp³-hybridized carbons (Fsp3) is 0.500. The van der Waals surface area contributed by atoms with Crippen molar-refractivity contribution in [1.29, 1.82) is 0 Å². The van der Waals surface area contributed by atoms with Crippen LogP contribution in [0.3, 0.4) is 0 Å². The minimum Gasteiger partial charge on any atom is -0.333 e. The van der Waals surface area contributed by atoms with E-state index in [0.717, 1.165) is 6.54 Å². The van der Waals surface area contributed by atoms with Crippen LogP contribution < -0.4 is 0 Å². The SMILES string of the molecule is C=CC(=O)N1CC1C. The zero-order chi connectivity index (χ0) is 6.15. The molecular formula is C6H9NO. The predicted octanol–water partition coefficient (Wildman–Crippen LogP) is 0.403. The zero-order valence-corrected chi connectivity index (χ0v) is 4.92. The second kappa shape index (κ2) is 1.62. The van der Waals surface area contributed by atoms with Gasteiger partial charge in [-0.2, -0.15) is 0 Å². The van der Waals surface area contributed by atoms with Crippen LogP contribution in [0.4, 0.5) is 0 Å². The van der Waals surface area contributed by atoms with Crippen molar-refractivity contribution >= 4 is 5.91 Å². The molecule has 2 nitrogen and oxygen atoms in total. The first kappa shape index (κ1) is 5.35. The molecule has 0 aromatic carbocycles. The molecule has 1 unspecified atom stereocenters.